The molecule has 174 valence electrons. The van der Waals surface area contributed by atoms with Crippen molar-refractivity contribution in [2.45, 2.75) is 6.61 Å². The summed E-state index contributed by atoms with van der Waals surface area (Å²) in [7, 11) is 3.19. The molecule has 0 atom stereocenters. The third-order valence-electron chi connectivity index (χ3n) is 5.45. The topological polar surface area (TPSA) is 96.8 Å². The van der Waals surface area contributed by atoms with Gasteiger partial charge in [0.25, 0.3) is 5.19 Å². The summed E-state index contributed by atoms with van der Waals surface area (Å²) in [4.78, 5) is 13.8. The molecular weight excluding hydrogens is 466 g/mol. The molecule has 4 aromatic heterocycles. The van der Waals surface area contributed by atoms with Crippen molar-refractivity contribution < 1.29 is 18.6 Å². The number of ether oxygens (including phenoxy) is 3. The Bertz CT molecular complexity index is 1640. The predicted molar refractivity (Wildman–Crippen MR) is 131 cm³/mol. The third kappa shape index (κ3) is 3.93. The monoisotopic (exact) mass is 485 g/mol. The second-order valence-electron chi connectivity index (χ2n) is 7.62. The summed E-state index contributed by atoms with van der Waals surface area (Å²) >= 11 is 1.36. The number of imidazole rings is 1. The van der Waals surface area contributed by atoms with Crippen molar-refractivity contribution in [3.8, 4) is 39.5 Å². The molecule has 0 unspecified atom stereocenters. The lowest BCUT2D eigenvalue weighted by atomic mass is 10.1. The summed E-state index contributed by atoms with van der Waals surface area (Å²) in [5, 5.41) is 5.77. The molecule has 10 heteroatoms. The van der Waals surface area contributed by atoms with Crippen LogP contribution >= 0.6 is 11.3 Å². The lowest BCUT2D eigenvalue weighted by Crippen LogP contribution is -1.97. The number of benzene rings is 2. The minimum atomic E-state index is 0.351. The zero-order valence-electron chi connectivity index (χ0n) is 18.8. The van der Waals surface area contributed by atoms with E-state index in [-0.39, 0.29) is 0 Å². The van der Waals surface area contributed by atoms with Gasteiger partial charge in [-0.1, -0.05) is 18.2 Å². The van der Waals surface area contributed by atoms with Crippen LogP contribution in [0.3, 0.4) is 0 Å². The van der Waals surface area contributed by atoms with Crippen LogP contribution in [0.5, 0.6) is 16.7 Å². The molecule has 6 rings (SSSR count). The number of methoxy groups -OCH3 is 2. The molecule has 0 fully saturated rings. The van der Waals surface area contributed by atoms with Crippen molar-refractivity contribution in [1.82, 2.24) is 24.6 Å². The van der Waals surface area contributed by atoms with Crippen LogP contribution in [0.1, 0.15) is 5.56 Å². The molecule has 0 spiro atoms. The quantitative estimate of drug-likeness (QED) is 0.302. The van der Waals surface area contributed by atoms with Gasteiger partial charge in [-0.2, -0.15) is 4.52 Å². The number of rotatable bonds is 7. The summed E-state index contributed by atoms with van der Waals surface area (Å²) in [6.45, 7) is 0.351. The minimum absolute atomic E-state index is 0.351. The third-order valence-corrected chi connectivity index (χ3v) is 6.33. The number of hydrogen-bond acceptors (Lipinski definition) is 9. The molecule has 0 aliphatic rings. The van der Waals surface area contributed by atoms with Crippen molar-refractivity contribution in [3.63, 3.8) is 0 Å². The van der Waals surface area contributed by atoms with Crippen LogP contribution in [-0.4, -0.2) is 38.8 Å². The second-order valence-corrected chi connectivity index (χ2v) is 8.54. The zero-order valence-corrected chi connectivity index (χ0v) is 19.7. The van der Waals surface area contributed by atoms with E-state index in [0.717, 1.165) is 22.2 Å². The Balaban J connectivity index is 1.34. The number of furan rings is 1. The van der Waals surface area contributed by atoms with E-state index in [9.17, 15) is 0 Å². The molecule has 0 saturated carbocycles. The van der Waals surface area contributed by atoms with E-state index in [2.05, 4.69) is 20.1 Å². The van der Waals surface area contributed by atoms with Crippen LogP contribution in [0.2, 0.25) is 0 Å². The number of fused-ring (bicyclic) bond motifs is 2. The highest BCUT2D eigenvalue weighted by Crippen LogP contribution is 2.38. The second kappa shape index (κ2) is 8.73. The maximum Gasteiger partial charge on any atom is 0.294 e. The van der Waals surface area contributed by atoms with Gasteiger partial charge in [0.05, 0.1) is 25.8 Å². The molecule has 0 saturated heterocycles. The van der Waals surface area contributed by atoms with E-state index in [1.807, 2.05) is 42.5 Å². The van der Waals surface area contributed by atoms with Crippen LogP contribution < -0.4 is 14.2 Å². The number of aromatic nitrogens is 5. The van der Waals surface area contributed by atoms with Gasteiger partial charge in [-0.3, -0.25) is 0 Å². The zero-order chi connectivity index (χ0) is 23.8. The molecule has 2 aromatic carbocycles. The van der Waals surface area contributed by atoms with E-state index in [0.29, 0.717) is 45.4 Å². The number of nitrogens with zero attached hydrogens (tertiary/aromatic N) is 5. The first-order chi connectivity index (χ1) is 17.2. The first kappa shape index (κ1) is 21.1. The molecule has 0 bridgehead atoms. The Morgan fingerprint density at radius 3 is 2.69 bits per heavy atom. The van der Waals surface area contributed by atoms with Crippen molar-refractivity contribution in [2.75, 3.05) is 14.2 Å². The molecule has 9 nitrogen and oxygen atoms in total. The maximum absolute atomic E-state index is 6.24. The van der Waals surface area contributed by atoms with Gasteiger partial charge in [-0.15, -0.1) is 5.10 Å². The molecule has 0 aliphatic carbocycles. The standard InChI is InChI=1S/C25H19N5O4S/c1-31-17-10-20(33-14-15-5-3-6-16(9-15)23-26-7-4-8-27-23)18-12-22(34-21(18)11-17)19-13-28-24-30(19)29-25(32-2)35-24/h3-13H,14H2,1-2H3. The highest BCUT2D eigenvalue weighted by atomic mass is 32.1. The molecule has 0 aliphatic heterocycles. The first-order valence-electron chi connectivity index (χ1n) is 10.7. The van der Waals surface area contributed by atoms with Crippen molar-refractivity contribution in [2.24, 2.45) is 0 Å². The number of hydrogen-bond donors (Lipinski definition) is 0. The van der Waals surface area contributed by atoms with Crippen molar-refractivity contribution in [3.05, 3.63) is 72.7 Å². The highest BCUT2D eigenvalue weighted by molar-refractivity contribution is 7.18. The summed E-state index contributed by atoms with van der Waals surface area (Å²) < 4.78 is 24.8. The predicted octanol–water partition coefficient (Wildman–Crippen LogP) is 5.26. The molecule has 0 radical (unpaired) electrons. The Morgan fingerprint density at radius 2 is 1.86 bits per heavy atom. The average molecular weight is 486 g/mol. The summed E-state index contributed by atoms with van der Waals surface area (Å²) in [6.07, 6.45) is 5.18. The maximum atomic E-state index is 6.24. The SMILES string of the molecule is COc1cc(OCc2cccc(-c3ncccn3)c2)c2cc(-c3cnc4sc(OC)nn34)oc2c1. The molecule has 6 aromatic rings. The van der Waals surface area contributed by atoms with Gasteiger partial charge >= 0.3 is 0 Å². The lowest BCUT2D eigenvalue weighted by molar-refractivity contribution is 0.307. The smallest absolute Gasteiger partial charge is 0.294 e. The van der Waals surface area contributed by atoms with Gasteiger partial charge in [0.2, 0.25) is 4.96 Å². The van der Waals surface area contributed by atoms with E-state index in [1.54, 1.807) is 43.4 Å². The van der Waals surface area contributed by atoms with E-state index in [4.69, 9.17) is 18.6 Å². The molecule has 0 amide bonds. The summed E-state index contributed by atoms with van der Waals surface area (Å²) in [5.41, 5.74) is 3.27. The normalized spacial score (nSPS) is 11.3. The van der Waals surface area contributed by atoms with Gasteiger partial charge in [0.15, 0.2) is 11.6 Å². The van der Waals surface area contributed by atoms with Crippen molar-refractivity contribution in [1.29, 1.82) is 0 Å². The van der Waals surface area contributed by atoms with Gasteiger partial charge in [0.1, 0.15) is 29.4 Å². The lowest BCUT2D eigenvalue weighted by Gasteiger charge is -2.10. The average Bonchev–Trinajstić information content (AvgIpc) is 3.61. The van der Waals surface area contributed by atoms with Crippen LogP contribution in [0, 0.1) is 0 Å². The fraction of sp³-hybridized carbons (Fsp3) is 0.120. The summed E-state index contributed by atoms with van der Waals surface area (Å²) in [5.74, 6) is 2.56. The van der Waals surface area contributed by atoms with Gasteiger partial charge in [0, 0.05) is 30.1 Å². The Labute approximate surface area is 203 Å². The fourth-order valence-electron chi connectivity index (χ4n) is 3.78. The molecule has 0 N–H and O–H groups in total. The Hall–Kier alpha value is -4.44. The molecule has 35 heavy (non-hydrogen) atoms. The van der Waals surface area contributed by atoms with E-state index < -0.39 is 0 Å². The van der Waals surface area contributed by atoms with Crippen LogP contribution in [0.4, 0.5) is 0 Å². The largest absolute Gasteiger partial charge is 0.496 e. The fourth-order valence-corrected chi connectivity index (χ4v) is 4.47. The van der Waals surface area contributed by atoms with Gasteiger partial charge < -0.3 is 18.6 Å². The van der Waals surface area contributed by atoms with Crippen LogP contribution in [-0.2, 0) is 6.61 Å². The van der Waals surface area contributed by atoms with Crippen LogP contribution in [0.15, 0.2) is 71.5 Å². The van der Waals surface area contributed by atoms with Crippen molar-refractivity contribution >= 4 is 27.3 Å². The molecular formula is C25H19N5O4S. The first-order valence-corrected chi connectivity index (χ1v) is 11.5. The van der Waals surface area contributed by atoms with E-state index in [1.165, 1.54) is 11.3 Å². The molecule has 4 heterocycles. The summed E-state index contributed by atoms with van der Waals surface area (Å²) in [6, 6.07) is 15.4. The Morgan fingerprint density at radius 1 is 0.971 bits per heavy atom. The minimum Gasteiger partial charge on any atom is -0.496 e. The van der Waals surface area contributed by atoms with Gasteiger partial charge in [-0.25, -0.2) is 15.0 Å². The van der Waals surface area contributed by atoms with Crippen LogP contribution in [0.25, 0.3) is 38.8 Å². The Kier molecular flexibility index (Phi) is 5.27. The highest BCUT2D eigenvalue weighted by Gasteiger charge is 2.18. The van der Waals surface area contributed by atoms with Gasteiger partial charge in [-0.05, 0) is 35.1 Å². The van der Waals surface area contributed by atoms with E-state index >= 15 is 0 Å².